The lowest BCUT2D eigenvalue weighted by Gasteiger charge is -2.31. The predicted molar refractivity (Wildman–Crippen MR) is 72.6 cm³/mol. The van der Waals surface area contributed by atoms with Crippen molar-refractivity contribution in [3.63, 3.8) is 0 Å². The second kappa shape index (κ2) is 6.18. The lowest BCUT2D eigenvalue weighted by atomic mass is 9.85. The number of nitrogens with two attached hydrogens (primary N) is 1. The standard InChI is InChI=1S/C15H24N2/c1-2-17(11-14-4-3-5-14)12-15-8-6-13(10-16)7-9-15/h6-9,14H,2-5,10-12,16H2,1H3. The smallest absolute Gasteiger partial charge is 0.0233 e. The van der Waals surface area contributed by atoms with E-state index >= 15 is 0 Å². The number of hydrogen-bond donors (Lipinski definition) is 1. The molecule has 94 valence electrons. The first-order chi connectivity index (χ1) is 8.31. The van der Waals surface area contributed by atoms with Gasteiger partial charge in [-0.25, -0.2) is 0 Å². The van der Waals surface area contributed by atoms with E-state index in [1.807, 2.05) is 0 Å². The van der Waals surface area contributed by atoms with Gasteiger partial charge >= 0.3 is 0 Å². The van der Waals surface area contributed by atoms with Crippen molar-refractivity contribution in [1.29, 1.82) is 0 Å². The summed E-state index contributed by atoms with van der Waals surface area (Å²) in [7, 11) is 0. The minimum Gasteiger partial charge on any atom is -0.326 e. The zero-order valence-corrected chi connectivity index (χ0v) is 10.9. The molecular formula is C15H24N2. The molecule has 2 nitrogen and oxygen atoms in total. The number of hydrogen-bond acceptors (Lipinski definition) is 2. The Morgan fingerprint density at radius 3 is 2.29 bits per heavy atom. The Hall–Kier alpha value is -0.860. The average molecular weight is 232 g/mol. The van der Waals surface area contributed by atoms with Gasteiger partial charge in [0, 0.05) is 19.6 Å². The van der Waals surface area contributed by atoms with E-state index in [-0.39, 0.29) is 0 Å². The van der Waals surface area contributed by atoms with E-state index < -0.39 is 0 Å². The molecule has 1 aromatic rings. The molecule has 1 aliphatic carbocycles. The summed E-state index contributed by atoms with van der Waals surface area (Å²) in [6, 6.07) is 8.72. The van der Waals surface area contributed by atoms with Gasteiger partial charge in [-0.2, -0.15) is 0 Å². The zero-order chi connectivity index (χ0) is 12.1. The van der Waals surface area contributed by atoms with Crippen LogP contribution >= 0.6 is 0 Å². The summed E-state index contributed by atoms with van der Waals surface area (Å²) >= 11 is 0. The first kappa shape index (κ1) is 12.6. The van der Waals surface area contributed by atoms with Crippen LogP contribution in [0.2, 0.25) is 0 Å². The van der Waals surface area contributed by atoms with Gasteiger partial charge in [0.15, 0.2) is 0 Å². The van der Waals surface area contributed by atoms with Crippen LogP contribution in [0.1, 0.15) is 37.3 Å². The maximum atomic E-state index is 5.61. The maximum Gasteiger partial charge on any atom is 0.0233 e. The Bertz CT molecular complexity index is 327. The first-order valence-electron chi connectivity index (χ1n) is 6.82. The second-order valence-corrected chi connectivity index (χ2v) is 5.15. The highest BCUT2D eigenvalue weighted by Crippen LogP contribution is 2.27. The number of benzene rings is 1. The maximum absolute atomic E-state index is 5.61. The molecule has 0 atom stereocenters. The van der Waals surface area contributed by atoms with Gasteiger partial charge < -0.3 is 5.73 Å². The van der Waals surface area contributed by atoms with Gasteiger partial charge in [-0.1, -0.05) is 37.6 Å². The highest BCUT2D eigenvalue weighted by Gasteiger charge is 2.19. The van der Waals surface area contributed by atoms with Crippen molar-refractivity contribution in [1.82, 2.24) is 4.90 Å². The van der Waals surface area contributed by atoms with Crippen molar-refractivity contribution in [2.75, 3.05) is 13.1 Å². The first-order valence-corrected chi connectivity index (χ1v) is 6.82. The SMILES string of the molecule is CCN(Cc1ccc(CN)cc1)CC1CCC1. The average Bonchev–Trinajstić information content (AvgIpc) is 2.33. The van der Waals surface area contributed by atoms with E-state index in [1.54, 1.807) is 0 Å². The molecule has 0 heterocycles. The number of nitrogens with zero attached hydrogens (tertiary/aromatic N) is 1. The molecule has 1 fully saturated rings. The Kier molecular flexibility index (Phi) is 4.57. The minimum absolute atomic E-state index is 0.639. The Labute approximate surface area is 105 Å². The Morgan fingerprint density at radius 2 is 1.82 bits per heavy atom. The highest BCUT2D eigenvalue weighted by molar-refractivity contribution is 5.22. The van der Waals surface area contributed by atoms with E-state index in [2.05, 4.69) is 36.1 Å². The molecule has 0 unspecified atom stereocenters. The summed E-state index contributed by atoms with van der Waals surface area (Å²) in [6.07, 6.45) is 4.30. The Morgan fingerprint density at radius 1 is 1.18 bits per heavy atom. The summed E-state index contributed by atoms with van der Waals surface area (Å²) in [4.78, 5) is 2.56. The van der Waals surface area contributed by atoms with E-state index in [0.29, 0.717) is 6.54 Å². The molecule has 1 saturated carbocycles. The fourth-order valence-electron chi connectivity index (χ4n) is 2.38. The van der Waals surface area contributed by atoms with Crippen molar-refractivity contribution < 1.29 is 0 Å². The van der Waals surface area contributed by atoms with Gasteiger partial charge in [0.1, 0.15) is 0 Å². The topological polar surface area (TPSA) is 29.3 Å². The van der Waals surface area contributed by atoms with Gasteiger partial charge in [0.05, 0.1) is 0 Å². The summed E-state index contributed by atoms with van der Waals surface area (Å²) in [5, 5.41) is 0. The molecule has 2 N–H and O–H groups in total. The monoisotopic (exact) mass is 232 g/mol. The number of rotatable bonds is 6. The van der Waals surface area contributed by atoms with Crippen LogP contribution in [0.15, 0.2) is 24.3 Å². The van der Waals surface area contributed by atoms with Crippen LogP contribution < -0.4 is 5.73 Å². The quantitative estimate of drug-likeness (QED) is 0.817. The van der Waals surface area contributed by atoms with Gasteiger partial charge in [0.2, 0.25) is 0 Å². The van der Waals surface area contributed by atoms with Crippen molar-refractivity contribution in [3.05, 3.63) is 35.4 Å². The van der Waals surface area contributed by atoms with E-state index in [4.69, 9.17) is 5.73 Å². The van der Waals surface area contributed by atoms with Gasteiger partial charge in [-0.3, -0.25) is 4.90 Å². The lowest BCUT2D eigenvalue weighted by molar-refractivity contribution is 0.178. The van der Waals surface area contributed by atoms with Crippen molar-refractivity contribution >= 4 is 0 Å². The fraction of sp³-hybridized carbons (Fsp3) is 0.600. The molecule has 0 amide bonds. The van der Waals surface area contributed by atoms with Gasteiger partial charge in [0.25, 0.3) is 0 Å². The minimum atomic E-state index is 0.639. The van der Waals surface area contributed by atoms with Crippen LogP contribution in [0.5, 0.6) is 0 Å². The van der Waals surface area contributed by atoms with Crippen LogP contribution in [0, 0.1) is 5.92 Å². The molecule has 0 aliphatic heterocycles. The molecule has 0 radical (unpaired) electrons. The van der Waals surface area contributed by atoms with Crippen LogP contribution in [-0.4, -0.2) is 18.0 Å². The van der Waals surface area contributed by atoms with Gasteiger partial charge in [-0.15, -0.1) is 0 Å². The molecule has 0 bridgehead atoms. The molecule has 0 spiro atoms. The van der Waals surface area contributed by atoms with Crippen molar-refractivity contribution in [2.24, 2.45) is 11.7 Å². The predicted octanol–water partition coefficient (Wildman–Crippen LogP) is 2.77. The van der Waals surface area contributed by atoms with Gasteiger partial charge in [-0.05, 0) is 36.4 Å². The fourth-order valence-corrected chi connectivity index (χ4v) is 2.38. The zero-order valence-electron chi connectivity index (χ0n) is 10.9. The third-order valence-electron chi connectivity index (χ3n) is 3.85. The molecule has 0 saturated heterocycles. The van der Waals surface area contributed by atoms with Crippen LogP contribution in [0.25, 0.3) is 0 Å². The van der Waals surface area contributed by atoms with Crippen molar-refractivity contribution in [3.8, 4) is 0 Å². The summed E-state index contributed by atoms with van der Waals surface area (Å²) in [6.45, 7) is 6.40. The molecule has 0 aromatic heterocycles. The van der Waals surface area contributed by atoms with E-state index in [1.165, 1.54) is 36.9 Å². The van der Waals surface area contributed by atoms with Crippen LogP contribution in [-0.2, 0) is 13.1 Å². The van der Waals surface area contributed by atoms with E-state index in [0.717, 1.165) is 19.0 Å². The summed E-state index contributed by atoms with van der Waals surface area (Å²) in [5.74, 6) is 0.957. The summed E-state index contributed by atoms with van der Waals surface area (Å²) in [5.41, 5.74) is 8.23. The Balaban J connectivity index is 1.87. The van der Waals surface area contributed by atoms with Crippen LogP contribution in [0.4, 0.5) is 0 Å². The van der Waals surface area contributed by atoms with Crippen LogP contribution in [0.3, 0.4) is 0 Å². The third-order valence-corrected chi connectivity index (χ3v) is 3.85. The van der Waals surface area contributed by atoms with E-state index in [9.17, 15) is 0 Å². The lowest BCUT2D eigenvalue weighted by Crippen LogP contribution is -2.32. The molecule has 17 heavy (non-hydrogen) atoms. The molecule has 2 rings (SSSR count). The molecule has 2 heteroatoms. The normalized spacial score (nSPS) is 16.2. The second-order valence-electron chi connectivity index (χ2n) is 5.15. The molecular weight excluding hydrogens is 208 g/mol. The summed E-state index contributed by atoms with van der Waals surface area (Å²) < 4.78 is 0. The van der Waals surface area contributed by atoms with Crippen molar-refractivity contribution in [2.45, 2.75) is 39.3 Å². The molecule has 1 aromatic carbocycles. The molecule has 1 aliphatic rings. The largest absolute Gasteiger partial charge is 0.326 e. The highest BCUT2D eigenvalue weighted by atomic mass is 15.1. The third kappa shape index (κ3) is 3.55.